The molecular weight excluding hydrogens is 458 g/mol. The highest BCUT2D eigenvalue weighted by Gasteiger charge is 2.30. The Morgan fingerprint density at radius 1 is 0.919 bits per heavy atom. The molecule has 5 heteroatoms. The summed E-state index contributed by atoms with van der Waals surface area (Å²) in [4.78, 5) is 17.7. The van der Waals surface area contributed by atoms with Crippen LogP contribution < -0.4 is 5.32 Å². The smallest absolute Gasteiger partial charge is 0.227 e. The molecule has 1 aromatic heterocycles. The van der Waals surface area contributed by atoms with Gasteiger partial charge in [0.15, 0.2) is 0 Å². The van der Waals surface area contributed by atoms with Gasteiger partial charge in [-0.2, -0.15) is 0 Å². The van der Waals surface area contributed by atoms with Crippen LogP contribution in [0.25, 0.3) is 11.0 Å². The van der Waals surface area contributed by atoms with Crippen molar-refractivity contribution < 1.29 is 9.90 Å². The fourth-order valence-corrected chi connectivity index (χ4v) is 5.36. The summed E-state index contributed by atoms with van der Waals surface area (Å²) in [6, 6.07) is 28.8. The van der Waals surface area contributed by atoms with Gasteiger partial charge < -0.3 is 15.0 Å². The third-order valence-corrected chi connectivity index (χ3v) is 7.26. The van der Waals surface area contributed by atoms with Gasteiger partial charge in [0.1, 0.15) is 5.82 Å². The van der Waals surface area contributed by atoms with Crippen molar-refractivity contribution in [1.29, 1.82) is 0 Å². The number of aryl methyl sites for hydroxylation is 1. The van der Waals surface area contributed by atoms with E-state index < -0.39 is 0 Å². The summed E-state index contributed by atoms with van der Waals surface area (Å²) < 4.78 is 2.24. The van der Waals surface area contributed by atoms with E-state index >= 15 is 0 Å². The molecule has 37 heavy (non-hydrogen) atoms. The highest BCUT2D eigenvalue weighted by Crippen LogP contribution is 2.35. The zero-order valence-electron chi connectivity index (χ0n) is 21.9. The molecule has 1 fully saturated rings. The molecule has 0 bridgehead atoms. The highest BCUT2D eigenvalue weighted by atomic mass is 16.3. The second-order valence-electron chi connectivity index (χ2n) is 9.87. The lowest BCUT2D eigenvalue weighted by atomic mass is 9.80. The molecule has 194 valence electrons. The van der Waals surface area contributed by atoms with Gasteiger partial charge >= 0.3 is 0 Å². The Kier molecular flexibility index (Phi) is 9.89. The SMILES string of the molecule is Cc1nc2ccccc2n1Cc1ccc(C(C(=O)NCCO)C2CCCCCC2)cc1.c1ccccc1. The number of rotatable bonds is 7. The van der Waals surface area contributed by atoms with Crippen molar-refractivity contribution in [2.24, 2.45) is 5.92 Å². The number of aliphatic hydroxyl groups excluding tert-OH is 1. The molecule has 0 spiro atoms. The molecule has 5 nitrogen and oxygen atoms in total. The number of amides is 1. The minimum absolute atomic E-state index is 0.0275. The number of hydrogen-bond donors (Lipinski definition) is 2. The van der Waals surface area contributed by atoms with E-state index in [4.69, 9.17) is 5.11 Å². The minimum Gasteiger partial charge on any atom is -0.395 e. The average Bonchev–Trinajstić information content (AvgIpc) is 3.08. The number of fused-ring (bicyclic) bond motifs is 1. The van der Waals surface area contributed by atoms with Crippen molar-refractivity contribution in [3.63, 3.8) is 0 Å². The molecule has 4 aromatic rings. The van der Waals surface area contributed by atoms with Gasteiger partial charge in [0.2, 0.25) is 5.91 Å². The number of para-hydroxylation sites is 2. The van der Waals surface area contributed by atoms with E-state index in [1.807, 2.05) is 61.5 Å². The van der Waals surface area contributed by atoms with Gasteiger partial charge in [-0.1, -0.05) is 98.5 Å². The number of hydrogen-bond acceptors (Lipinski definition) is 3. The van der Waals surface area contributed by atoms with E-state index in [2.05, 4.69) is 45.2 Å². The summed E-state index contributed by atoms with van der Waals surface area (Å²) in [6.45, 7) is 3.09. The van der Waals surface area contributed by atoms with Crippen molar-refractivity contribution in [3.05, 3.63) is 102 Å². The van der Waals surface area contributed by atoms with Crippen LogP contribution in [-0.2, 0) is 11.3 Å². The van der Waals surface area contributed by atoms with Gasteiger partial charge in [0.05, 0.1) is 23.6 Å². The summed E-state index contributed by atoms with van der Waals surface area (Å²) in [6.07, 6.45) is 7.11. The summed E-state index contributed by atoms with van der Waals surface area (Å²) in [5, 5.41) is 12.1. The first kappa shape index (κ1) is 26.6. The normalized spacial score (nSPS) is 14.9. The molecule has 1 amide bonds. The fourth-order valence-electron chi connectivity index (χ4n) is 5.36. The third-order valence-electron chi connectivity index (χ3n) is 7.26. The lowest BCUT2D eigenvalue weighted by molar-refractivity contribution is -0.124. The summed E-state index contributed by atoms with van der Waals surface area (Å²) in [5.41, 5.74) is 4.44. The van der Waals surface area contributed by atoms with Crippen molar-refractivity contribution in [2.45, 2.75) is 57.9 Å². The molecule has 5 rings (SSSR count). The van der Waals surface area contributed by atoms with Crippen LogP contribution in [0.2, 0.25) is 0 Å². The molecular formula is C32H39N3O2. The number of nitrogens with one attached hydrogen (secondary N) is 1. The van der Waals surface area contributed by atoms with Gasteiger partial charge in [0, 0.05) is 13.1 Å². The number of benzene rings is 3. The molecule has 0 saturated heterocycles. The largest absolute Gasteiger partial charge is 0.395 e. The quantitative estimate of drug-likeness (QED) is 0.297. The van der Waals surface area contributed by atoms with Gasteiger partial charge in [-0.05, 0) is 48.9 Å². The zero-order valence-corrected chi connectivity index (χ0v) is 21.9. The maximum absolute atomic E-state index is 13.0. The maximum atomic E-state index is 13.0. The average molecular weight is 498 g/mol. The monoisotopic (exact) mass is 497 g/mol. The second kappa shape index (κ2) is 13.8. The Morgan fingerprint density at radius 2 is 1.54 bits per heavy atom. The summed E-state index contributed by atoms with van der Waals surface area (Å²) in [7, 11) is 0. The Hall–Kier alpha value is -3.44. The van der Waals surface area contributed by atoms with Crippen LogP contribution in [-0.4, -0.2) is 33.7 Å². The molecule has 1 aliphatic carbocycles. The van der Waals surface area contributed by atoms with Crippen molar-refractivity contribution >= 4 is 16.9 Å². The Balaban J connectivity index is 0.000000469. The Labute approximate surface area is 220 Å². The van der Waals surface area contributed by atoms with Crippen LogP contribution in [0.1, 0.15) is 61.4 Å². The van der Waals surface area contributed by atoms with Crippen LogP contribution in [0.3, 0.4) is 0 Å². The van der Waals surface area contributed by atoms with Gasteiger partial charge in [-0.15, -0.1) is 0 Å². The molecule has 0 aliphatic heterocycles. The van der Waals surface area contributed by atoms with Crippen LogP contribution in [0.5, 0.6) is 0 Å². The first-order chi connectivity index (χ1) is 18.2. The number of aliphatic hydroxyl groups is 1. The third kappa shape index (κ3) is 7.30. The number of nitrogens with zero attached hydrogens (tertiary/aromatic N) is 2. The number of imidazole rings is 1. The van der Waals surface area contributed by atoms with E-state index in [-0.39, 0.29) is 18.4 Å². The Bertz CT molecular complexity index is 1200. The van der Waals surface area contributed by atoms with Crippen LogP contribution >= 0.6 is 0 Å². The predicted octanol–water partition coefficient (Wildman–Crippen LogP) is 6.24. The zero-order chi connectivity index (χ0) is 25.9. The maximum Gasteiger partial charge on any atom is 0.227 e. The minimum atomic E-state index is -0.144. The standard InChI is InChI=1S/C26H33N3O2.C6H6/c1-19-28-23-10-6-7-11-24(23)29(19)18-20-12-14-22(15-13-20)25(26(31)27-16-17-30)21-8-4-2-3-5-9-21;1-2-4-6-5-3-1/h6-7,10-15,21,25,30H,2-5,8-9,16-18H2,1H3,(H,27,31);1-6H. The fraction of sp³-hybridized carbons (Fsp3) is 0.375. The molecule has 1 saturated carbocycles. The van der Waals surface area contributed by atoms with Crippen LogP contribution in [0.15, 0.2) is 84.9 Å². The first-order valence-corrected chi connectivity index (χ1v) is 13.6. The number of aromatic nitrogens is 2. The molecule has 1 aliphatic rings. The van der Waals surface area contributed by atoms with E-state index in [0.29, 0.717) is 12.5 Å². The van der Waals surface area contributed by atoms with E-state index in [1.54, 1.807) is 0 Å². The van der Waals surface area contributed by atoms with E-state index in [9.17, 15) is 4.79 Å². The van der Waals surface area contributed by atoms with Crippen molar-refractivity contribution in [1.82, 2.24) is 14.9 Å². The highest BCUT2D eigenvalue weighted by molar-refractivity contribution is 5.84. The molecule has 1 unspecified atom stereocenters. The lowest BCUT2D eigenvalue weighted by Gasteiger charge is -2.26. The molecule has 1 heterocycles. The van der Waals surface area contributed by atoms with Gasteiger partial charge in [-0.3, -0.25) is 4.79 Å². The molecule has 3 aromatic carbocycles. The van der Waals surface area contributed by atoms with Crippen molar-refractivity contribution in [3.8, 4) is 0 Å². The topological polar surface area (TPSA) is 67.2 Å². The molecule has 2 N–H and O–H groups in total. The molecule has 0 radical (unpaired) electrons. The Morgan fingerprint density at radius 3 is 2.16 bits per heavy atom. The summed E-state index contributed by atoms with van der Waals surface area (Å²) in [5.74, 6) is 1.27. The van der Waals surface area contributed by atoms with Gasteiger partial charge in [-0.25, -0.2) is 4.98 Å². The van der Waals surface area contributed by atoms with E-state index in [1.165, 1.54) is 31.2 Å². The number of carbonyl (C=O) groups is 1. The predicted molar refractivity (Wildman–Crippen MR) is 150 cm³/mol. The summed E-state index contributed by atoms with van der Waals surface area (Å²) >= 11 is 0. The van der Waals surface area contributed by atoms with Crippen molar-refractivity contribution in [2.75, 3.05) is 13.2 Å². The number of carbonyl (C=O) groups excluding carboxylic acids is 1. The first-order valence-electron chi connectivity index (χ1n) is 13.6. The van der Waals surface area contributed by atoms with Crippen LogP contribution in [0.4, 0.5) is 0 Å². The second-order valence-corrected chi connectivity index (χ2v) is 9.87. The van der Waals surface area contributed by atoms with E-state index in [0.717, 1.165) is 41.8 Å². The van der Waals surface area contributed by atoms with Crippen LogP contribution in [0, 0.1) is 12.8 Å². The molecule has 1 atom stereocenters. The lowest BCUT2D eigenvalue weighted by Crippen LogP contribution is -2.35. The van der Waals surface area contributed by atoms with Gasteiger partial charge in [0.25, 0.3) is 0 Å².